The molecule has 0 atom stereocenters. The van der Waals surface area contributed by atoms with E-state index in [4.69, 9.17) is 0 Å². The lowest BCUT2D eigenvalue weighted by molar-refractivity contribution is 0.0697. The number of carboxylic acids is 1. The van der Waals surface area contributed by atoms with Crippen LogP contribution in [0.4, 0.5) is 34.1 Å². The van der Waals surface area contributed by atoms with E-state index in [1.54, 1.807) is 18.2 Å². The summed E-state index contributed by atoms with van der Waals surface area (Å²) >= 11 is 0. The molecule has 44 heavy (non-hydrogen) atoms. The number of hydrogen-bond acceptors (Lipinski definition) is 3. The van der Waals surface area contributed by atoms with Gasteiger partial charge in [-0.3, -0.25) is 0 Å². The molecule has 0 spiro atoms. The van der Waals surface area contributed by atoms with E-state index in [1.807, 2.05) is 36.4 Å². The maximum absolute atomic E-state index is 11.8. The first-order valence-corrected chi connectivity index (χ1v) is 14.8. The van der Waals surface area contributed by atoms with Gasteiger partial charge in [-0.1, -0.05) is 86.6 Å². The largest absolute Gasteiger partial charge is 0.478 e. The van der Waals surface area contributed by atoms with Crippen LogP contribution < -0.4 is 9.80 Å². The van der Waals surface area contributed by atoms with Crippen molar-refractivity contribution in [3.05, 3.63) is 168 Å². The second-order valence-electron chi connectivity index (χ2n) is 11.6. The number of benzene rings is 6. The Bertz CT molecular complexity index is 1930. The van der Waals surface area contributed by atoms with Gasteiger partial charge in [0.25, 0.3) is 0 Å². The number of hydrogen-bond donors (Lipinski definition) is 1. The van der Waals surface area contributed by atoms with Crippen LogP contribution in [0, 0.1) is 0 Å². The van der Waals surface area contributed by atoms with Gasteiger partial charge < -0.3 is 14.9 Å². The van der Waals surface area contributed by atoms with Gasteiger partial charge in [0, 0.05) is 39.5 Å². The highest BCUT2D eigenvalue weighted by molar-refractivity contribution is 5.91. The molecule has 0 aliphatic heterocycles. The Morgan fingerprint density at radius 1 is 0.477 bits per heavy atom. The predicted octanol–water partition coefficient (Wildman–Crippen LogP) is 10.6. The molecule has 0 amide bonds. The van der Waals surface area contributed by atoms with Crippen molar-refractivity contribution in [2.45, 2.75) is 19.3 Å². The summed E-state index contributed by atoms with van der Waals surface area (Å²) in [5, 5.41) is 9.71. The Balaban J connectivity index is 1.34. The van der Waals surface area contributed by atoms with Gasteiger partial charge in [-0.15, -0.1) is 0 Å². The molecule has 0 unspecified atom stereocenters. The molecule has 4 nitrogen and oxygen atoms in total. The number of carboxylic acid groups (broad SMARTS) is 1. The molecule has 0 aromatic heterocycles. The van der Waals surface area contributed by atoms with E-state index in [-0.39, 0.29) is 11.0 Å². The monoisotopic (exact) mass is 572 g/mol. The molecule has 0 saturated carbocycles. The maximum Gasteiger partial charge on any atom is 0.335 e. The fraction of sp³-hybridized carbons (Fsp3) is 0.0750. The van der Waals surface area contributed by atoms with Crippen LogP contribution in [-0.4, -0.2) is 11.1 Å². The highest BCUT2D eigenvalue weighted by Crippen LogP contribution is 2.52. The Hall–Kier alpha value is -5.61. The molecule has 0 heterocycles. The molecule has 4 heteroatoms. The van der Waals surface area contributed by atoms with Gasteiger partial charge in [0.2, 0.25) is 0 Å². The average molecular weight is 573 g/mol. The van der Waals surface area contributed by atoms with Crippen LogP contribution in [0.25, 0.3) is 11.1 Å². The predicted molar refractivity (Wildman–Crippen MR) is 180 cm³/mol. The standard InChI is InChI=1S/C40H32N2O2/c1-40(2)37-26-33(41(29-14-6-3-7-15-29)30-16-8-4-9-17-30)21-23-35(37)36-24-22-34(27-38(36)40)42(31-18-10-5-11-19-31)32-20-12-13-28(25-32)39(43)44/h3-27H,1-2H3,(H,43,44). The van der Waals surface area contributed by atoms with Crippen molar-refractivity contribution in [3.8, 4) is 11.1 Å². The smallest absolute Gasteiger partial charge is 0.335 e. The molecule has 0 radical (unpaired) electrons. The Morgan fingerprint density at radius 3 is 1.30 bits per heavy atom. The van der Waals surface area contributed by atoms with E-state index < -0.39 is 5.97 Å². The number of rotatable bonds is 7. The lowest BCUT2D eigenvalue weighted by Crippen LogP contribution is -2.17. The zero-order chi connectivity index (χ0) is 30.3. The second-order valence-corrected chi connectivity index (χ2v) is 11.6. The quantitative estimate of drug-likeness (QED) is 0.207. The van der Waals surface area contributed by atoms with Crippen molar-refractivity contribution >= 4 is 40.1 Å². The van der Waals surface area contributed by atoms with Crippen LogP contribution in [0.15, 0.2) is 152 Å². The third kappa shape index (κ3) is 4.71. The van der Waals surface area contributed by atoms with Crippen molar-refractivity contribution < 1.29 is 9.90 Å². The van der Waals surface area contributed by atoms with Crippen LogP contribution >= 0.6 is 0 Å². The van der Waals surface area contributed by atoms with Crippen LogP contribution in [0.5, 0.6) is 0 Å². The number of nitrogens with zero attached hydrogens (tertiary/aromatic N) is 2. The summed E-state index contributed by atoms with van der Waals surface area (Å²) in [5.74, 6) is -0.943. The summed E-state index contributed by atoms with van der Waals surface area (Å²) in [6.45, 7) is 4.58. The number of carbonyl (C=O) groups is 1. The van der Waals surface area contributed by atoms with Crippen LogP contribution in [-0.2, 0) is 5.41 Å². The molecule has 6 aromatic rings. The highest BCUT2D eigenvalue weighted by atomic mass is 16.4. The molecule has 1 aliphatic rings. The van der Waals surface area contributed by atoms with Crippen molar-refractivity contribution in [2.24, 2.45) is 0 Å². The van der Waals surface area contributed by atoms with Gasteiger partial charge in [0.1, 0.15) is 0 Å². The highest BCUT2D eigenvalue weighted by Gasteiger charge is 2.36. The third-order valence-corrected chi connectivity index (χ3v) is 8.55. The van der Waals surface area contributed by atoms with Crippen LogP contribution in [0.1, 0.15) is 35.3 Å². The van der Waals surface area contributed by atoms with Crippen molar-refractivity contribution in [3.63, 3.8) is 0 Å². The molecule has 214 valence electrons. The van der Waals surface area contributed by atoms with Crippen molar-refractivity contribution in [1.82, 2.24) is 0 Å². The summed E-state index contributed by atoms with van der Waals surface area (Å²) < 4.78 is 0. The van der Waals surface area contributed by atoms with Crippen molar-refractivity contribution in [1.29, 1.82) is 0 Å². The van der Waals surface area contributed by atoms with Gasteiger partial charge in [-0.2, -0.15) is 0 Å². The summed E-state index contributed by atoms with van der Waals surface area (Å²) in [7, 11) is 0. The zero-order valence-electron chi connectivity index (χ0n) is 24.7. The van der Waals surface area contributed by atoms with Gasteiger partial charge in [-0.05, 0) is 101 Å². The molecular formula is C40H32N2O2. The van der Waals surface area contributed by atoms with E-state index in [0.29, 0.717) is 0 Å². The Morgan fingerprint density at radius 2 is 0.864 bits per heavy atom. The van der Waals surface area contributed by atoms with E-state index in [1.165, 1.54) is 22.3 Å². The first-order chi connectivity index (χ1) is 21.4. The fourth-order valence-corrected chi connectivity index (χ4v) is 6.40. The van der Waals surface area contributed by atoms with E-state index >= 15 is 0 Å². The molecule has 6 aromatic carbocycles. The minimum absolute atomic E-state index is 0.256. The third-order valence-electron chi connectivity index (χ3n) is 8.55. The molecule has 7 rings (SSSR count). The molecule has 1 aliphatic carbocycles. The first kappa shape index (κ1) is 27.2. The SMILES string of the molecule is CC1(C)c2cc(N(c3ccccc3)c3ccccc3)ccc2-c2ccc(N(c3ccccc3)c3cccc(C(=O)O)c3)cc21. The van der Waals surface area contributed by atoms with E-state index in [0.717, 1.165) is 34.1 Å². The molecule has 0 bridgehead atoms. The minimum atomic E-state index is -0.943. The first-order valence-electron chi connectivity index (χ1n) is 14.8. The van der Waals surface area contributed by atoms with Gasteiger partial charge in [0.15, 0.2) is 0 Å². The fourth-order valence-electron chi connectivity index (χ4n) is 6.40. The van der Waals surface area contributed by atoms with Gasteiger partial charge in [0.05, 0.1) is 5.56 Å². The number of anilines is 6. The normalized spacial score (nSPS) is 12.7. The molecular weight excluding hydrogens is 540 g/mol. The van der Waals surface area contributed by atoms with Crippen molar-refractivity contribution in [2.75, 3.05) is 9.80 Å². The maximum atomic E-state index is 11.8. The molecule has 0 fully saturated rings. The van der Waals surface area contributed by atoms with Crippen LogP contribution in [0.2, 0.25) is 0 Å². The minimum Gasteiger partial charge on any atom is -0.478 e. The zero-order valence-corrected chi connectivity index (χ0v) is 24.7. The Labute approximate surface area is 258 Å². The van der Waals surface area contributed by atoms with Gasteiger partial charge >= 0.3 is 5.97 Å². The lowest BCUT2D eigenvalue weighted by Gasteiger charge is -2.29. The van der Waals surface area contributed by atoms with E-state index in [2.05, 4.69) is 121 Å². The van der Waals surface area contributed by atoms with Gasteiger partial charge in [-0.25, -0.2) is 4.79 Å². The molecule has 1 N–H and O–H groups in total. The second kappa shape index (κ2) is 10.9. The number of fused-ring (bicyclic) bond motifs is 3. The lowest BCUT2D eigenvalue weighted by atomic mass is 9.82. The Kier molecular flexibility index (Phi) is 6.75. The summed E-state index contributed by atoms with van der Waals surface area (Å²) in [4.78, 5) is 16.3. The summed E-state index contributed by atoms with van der Waals surface area (Å²) in [6.07, 6.45) is 0. The number of para-hydroxylation sites is 3. The van der Waals surface area contributed by atoms with E-state index in [9.17, 15) is 9.90 Å². The summed E-state index contributed by atoms with van der Waals surface area (Å²) in [5.41, 5.74) is 11.0. The number of aromatic carboxylic acids is 1. The van der Waals surface area contributed by atoms with Crippen LogP contribution in [0.3, 0.4) is 0 Å². The average Bonchev–Trinajstić information content (AvgIpc) is 3.28. The summed E-state index contributed by atoms with van der Waals surface area (Å²) in [6, 6.07) is 51.6. The topological polar surface area (TPSA) is 43.8 Å². The molecule has 0 saturated heterocycles.